The van der Waals surface area contributed by atoms with Crippen LogP contribution in [0.5, 0.6) is 0 Å². The van der Waals surface area contributed by atoms with E-state index in [9.17, 15) is 14.4 Å². The predicted molar refractivity (Wildman–Crippen MR) is 59.1 cm³/mol. The summed E-state index contributed by atoms with van der Waals surface area (Å²) in [4.78, 5) is 35.0. The molecule has 0 bridgehead atoms. The van der Waals surface area contributed by atoms with E-state index in [0.29, 0.717) is 12.8 Å². The lowest BCUT2D eigenvalue weighted by Gasteiger charge is -2.35. The van der Waals surface area contributed by atoms with Crippen LogP contribution in [0.2, 0.25) is 0 Å². The standard InChI is InChI=1S/C12H18O5/c1-4-12(11(15)17-3)6-5-9(13)8(7-12)10(14)16-2/h8H,4-7H2,1-3H3. The van der Waals surface area contributed by atoms with Gasteiger partial charge in [0.25, 0.3) is 0 Å². The molecule has 2 unspecified atom stereocenters. The Morgan fingerprint density at radius 1 is 1.35 bits per heavy atom. The smallest absolute Gasteiger partial charge is 0.316 e. The van der Waals surface area contributed by atoms with Gasteiger partial charge < -0.3 is 9.47 Å². The number of ether oxygens (including phenoxy) is 2. The van der Waals surface area contributed by atoms with Crippen molar-refractivity contribution in [2.75, 3.05) is 14.2 Å². The van der Waals surface area contributed by atoms with Crippen LogP contribution in [0, 0.1) is 11.3 Å². The Hall–Kier alpha value is -1.39. The van der Waals surface area contributed by atoms with Gasteiger partial charge in [0.1, 0.15) is 11.7 Å². The van der Waals surface area contributed by atoms with Gasteiger partial charge in [0, 0.05) is 6.42 Å². The van der Waals surface area contributed by atoms with Crippen LogP contribution < -0.4 is 0 Å². The molecule has 1 saturated carbocycles. The van der Waals surface area contributed by atoms with Crippen LogP contribution in [0.4, 0.5) is 0 Å². The van der Waals surface area contributed by atoms with Gasteiger partial charge >= 0.3 is 11.9 Å². The van der Waals surface area contributed by atoms with E-state index in [1.54, 1.807) is 0 Å². The summed E-state index contributed by atoms with van der Waals surface area (Å²) >= 11 is 0. The SMILES string of the molecule is CCC1(C(=O)OC)CCC(=O)C(C(=O)OC)C1. The molecule has 0 aromatic carbocycles. The summed E-state index contributed by atoms with van der Waals surface area (Å²) in [6.07, 6.45) is 1.42. The highest BCUT2D eigenvalue weighted by Crippen LogP contribution is 2.41. The second-order valence-corrected chi connectivity index (χ2v) is 4.37. The van der Waals surface area contributed by atoms with Crippen LogP contribution in [-0.2, 0) is 23.9 Å². The van der Waals surface area contributed by atoms with Crippen LogP contribution in [-0.4, -0.2) is 31.9 Å². The van der Waals surface area contributed by atoms with Gasteiger partial charge in [-0.15, -0.1) is 0 Å². The molecule has 2 atom stereocenters. The van der Waals surface area contributed by atoms with Crippen molar-refractivity contribution >= 4 is 17.7 Å². The normalized spacial score (nSPS) is 28.6. The number of rotatable bonds is 3. The van der Waals surface area contributed by atoms with Crippen LogP contribution in [0.15, 0.2) is 0 Å². The number of carbonyl (C=O) groups excluding carboxylic acids is 3. The average Bonchev–Trinajstić information content (AvgIpc) is 2.37. The predicted octanol–water partition coefficient (Wildman–Crippen LogP) is 1.10. The maximum Gasteiger partial charge on any atom is 0.316 e. The minimum atomic E-state index is -0.826. The molecule has 1 aliphatic rings. The fourth-order valence-corrected chi connectivity index (χ4v) is 2.37. The summed E-state index contributed by atoms with van der Waals surface area (Å²) in [5.41, 5.74) is -0.721. The molecule has 1 rings (SSSR count). The van der Waals surface area contributed by atoms with Crippen molar-refractivity contribution in [1.29, 1.82) is 0 Å². The topological polar surface area (TPSA) is 69.7 Å². The molecule has 0 aliphatic heterocycles. The van der Waals surface area contributed by atoms with Crippen LogP contribution in [0.3, 0.4) is 0 Å². The molecule has 96 valence electrons. The highest BCUT2D eigenvalue weighted by Gasteiger charge is 2.48. The van der Waals surface area contributed by atoms with E-state index < -0.39 is 17.3 Å². The van der Waals surface area contributed by atoms with E-state index in [2.05, 4.69) is 4.74 Å². The molecule has 5 heteroatoms. The van der Waals surface area contributed by atoms with Crippen molar-refractivity contribution < 1.29 is 23.9 Å². The first-order valence-corrected chi connectivity index (χ1v) is 5.69. The first-order chi connectivity index (χ1) is 8.00. The second-order valence-electron chi connectivity index (χ2n) is 4.37. The Balaban J connectivity index is 2.94. The van der Waals surface area contributed by atoms with Crippen molar-refractivity contribution in [3.8, 4) is 0 Å². The number of Topliss-reactive ketones (excluding diaryl/α,β-unsaturated/α-hetero) is 1. The Labute approximate surface area is 100 Å². The number of esters is 2. The Kier molecular flexibility index (Phi) is 4.26. The van der Waals surface area contributed by atoms with Gasteiger partial charge in [-0.3, -0.25) is 14.4 Å². The molecule has 1 fully saturated rings. The molecular formula is C12H18O5. The molecule has 0 N–H and O–H groups in total. The van der Waals surface area contributed by atoms with Gasteiger partial charge in [0.05, 0.1) is 19.6 Å². The fraction of sp³-hybridized carbons (Fsp3) is 0.750. The zero-order chi connectivity index (χ0) is 13.1. The van der Waals surface area contributed by atoms with Crippen molar-refractivity contribution in [3.05, 3.63) is 0 Å². The Bertz CT molecular complexity index is 328. The molecule has 1 aliphatic carbocycles. The number of ketones is 1. The van der Waals surface area contributed by atoms with Crippen LogP contribution in [0.25, 0.3) is 0 Å². The van der Waals surface area contributed by atoms with Gasteiger partial charge in [0.15, 0.2) is 0 Å². The average molecular weight is 242 g/mol. The largest absolute Gasteiger partial charge is 0.469 e. The molecule has 5 nitrogen and oxygen atoms in total. The quantitative estimate of drug-likeness (QED) is 0.547. The molecule has 0 spiro atoms. The van der Waals surface area contributed by atoms with E-state index in [4.69, 9.17) is 4.74 Å². The summed E-state index contributed by atoms with van der Waals surface area (Å²) in [5, 5.41) is 0. The highest BCUT2D eigenvalue weighted by molar-refractivity contribution is 6.00. The third-order valence-corrected chi connectivity index (χ3v) is 3.61. The third kappa shape index (κ3) is 2.48. The van der Waals surface area contributed by atoms with E-state index in [1.807, 2.05) is 6.92 Å². The lowest BCUT2D eigenvalue weighted by Crippen LogP contribution is -2.43. The maximum atomic E-state index is 11.8. The summed E-state index contributed by atoms with van der Waals surface area (Å²) in [6, 6.07) is 0. The molecule has 0 saturated heterocycles. The summed E-state index contributed by atoms with van der Waals surface area (Å²) in [5.74, 6) is -1.88. The summed E-state index contributed by atoms with van der Waals surface area (Å²) in [6.45, 7) is 1.86. The van der Waals surface area contributed by atoms with Gasteiger partial charge in [-0.25, -0.2) is 0 Å². The minimum Gasteiger partial charge on any atom is -0.469 e. The molecular weight excluding hydrogens is 224 g/mol. The van der Waals surface area contributed by atoms with E-state index >= 15 is 0 Å². The molecule has 0 amide bonds. The molecule has 0 aromatic heterocycles. The van der Waals surface area contributed by atoms with Crippen molar-refractivity contribution in [3.63, 3.8) is 0 Å². The van der Waals surface area contributed by atoms with E-state index in [-0.39, 0.29) is 24.6 Å². The lowest BCUT2D eigenvalue weighted by molar-refractivity contribution is -0.162. The number of hydrogen-bond acceptors (Lipinski definition) is 5. The second kappa shape index (κ2) is 5.29. The van der Waals surface area contributed by atoms with Gasteiger partial charge in [-0.2, -0.15) is 0 Å². The fourth-order valence-electron chi connectivity index (χ4n) is 2.37. The Morgan fingerprint density at radius 2 is 2.00 bits per heavy atom. The first kappa shape index (κ1) is 13.7. The lowest BCUT2D eigenvalue weighted by atomic mass is 9.67. The number of carbonyl (C=O) groups is 3. The number of methoxy groups -OCH3 is 2. The van der Waals surface area contributed by atoms with Crippen molar-refractivity contribution in [2.24, 2.45) is 11.3 Å². The molecule has 0 radical (unpaired) electrons. The summed E-state index contributed by atoms with van der Waals surface area (Å²) in [7, 11) is 2.57. The zero-order valence-electron chi connectivity index (χ0n) is 10.4. The van der Waals surface area contributed by atoms with Gasteiger partial charge in [0.2, 0.25) is 0 Å². The van der Waals surface area contributed by atoms with Crippen LogP contribution >= 0.6 is 0 Å². The van der Waals surface area contributed by atoms with Crippen molar-refractivity contribution in [1.82, 2.24) is 0 Å². The van der Waals surface area contributed by atoms with Gasteiger partial charge in [-0.05, 0) is 19.3 Å². The third-order valence-electron chi connectivity index (χ3n) is 3.61. The monoisotopic (exact) mass is 242 g/mol. The van der Waals surface area contributed by atoms with Crippen molar-refractivity contribution in [2.45, 2.75) is 32.6 Å². The van der Waals surface area contributed by atoms with E-state index in [0.717, 1.165) is 0 Å². The molecule has 0 heterocycles. The number of hydrogen-bond donors (Lipinski definition) is 0. The Morgan fingerprint density at radius 3 is 2.47 bits per heavy atom. The highest BCUT2D eigenvalue weighted by atomic mass is 16.5. The minimum absolute atomic E-state index is 0.148. The van der Waals surface area contributed by atoms with Crippen LogP contribution in [0.1, 0.15) is 32.6 Å². The zero-order valence-corrected chi connectivity index (χ0v) is 10.4. The molecule has 17 heavy (non-hydrogen) atoms. The van der Waals surface area contributed by atoms with E-state index in [1.165, 1.54) is 14.2 Å². The van der Waals surface area contributed by atoms with Gasteiger partial charge in [-0.1, -0.05) is 6.92 Å². The maximum absolute atomic E-state index is 11.8. The summed E-state index contributed by atoms with van der Waals surface area (Å²) < 4.78 is 9.38. The molecule has 0 aromatic rings. The first-order valence-electron chi connectivity index (χ1n) is 5.69.